The van der Waals surface area contributed by atoms with Crippen molar-refractivity contribution in [2.24, 2.45) is 0 Å². The van der Waals surface area contributed by atoms with E-state index in [9.17, 15) is 14.9 Å². The van der Waals surface area contributed by atoms with E-state index >= 15 is 0 Å². The molecule has 0 fully saturated rings. The van der Waals surface area contributed by atoms with Gasteiger partial charge in [0.2, 0.25) is 5.89 Å². The fraction of sp³-hybridized carbons (Fsp3) is 0.182. The Hall–Kier alpha value is -2.97. The lowest BCUT2D eigenvalue weighted by Gasteiger charge is -2.04. The van der Waals surface area contributed by atoms with Gasteiger partial charge >= 0.3 is 0 Å². The maximum Gasteiger partial charge on any atom is 0.292 e. The average Bonchev–Trinajstić information content (AvgIpc) is 2.81. The molecular weight excluding hydrogens is 266 g/mol. The topological polar surface area (TPSA) is 137 Å². The number of hydrogen-bond donors (Lipinski definition) is 2. The number of amides is 1. The summed E-state index contributed by atoms with van der Waals surface area (Å²) >= 11 is 0. The molecule has 9 heteroatoms. The normalized spacial score (nSPS) is 10.2. The van der Waals surface area contributed by atoms with Crippen molar-refractivity contribution in [1.82, 2.24) is 15.5 Å². The second-order valence-electron chi connectivity index (χ2n) is 3.94. The molecule has 0 spiro atoms. The third-order valence-electron chi connectivity index (χ3n) is 2.46. The molecular formula is C11H11N5O4. The van der Waals surface area contributed by atoms with E-state index in [1.54, 1.807) is 6.92 Å². The summed E-state index contributed by atoms with van der Waals surface area (Å²) in [5.74, 6) is 0.300. The summed E-state index contributed by atoms with van der Waals surface area (Å²) < 4.78 is 4.76. The molecule has 1 aromatic carbocycles. The first-order valence-electron chi connectivity index (χ1n) is 5.58. The second kappa shape index (κ2) is 5.34. The van der Waals surface area contributed by atoms with Crippen LogP contribution in [0.5, 0.6) is 0 Å². The minimum Gasteiger partial charge on any atom is -0.393 e. The van der Waals surface area contributed by atoms with Crippen LogP contribution in [0.15, 0.2) is 22.7 Å². The number of anilines is 1. The highest BCUT2D eigenvalue weighted by atomic mass is 16.6. The van der Waals surface area contributed by atoms with Crippen LogP contribution in [0.4, 0.5) is 11.4 Å². The van der Waals surface area contributed by atoms with Crippen LogP contribution in [0.1, 0.15) is 22.1 Å². The first-order chi connectivity index (χ1) is 9.47. The number of carbonyl (C=O) groups is 1. The number of rotatable bonds is 4. The van der Waals surface area contributed by atoms with Crippen LogP contribution in [0.2, 0.25) is 0 Å². The summed E-state index contributed by atoms with van der Waals surface area (Å²) in [5.41, 5.74) is 5.41. The summed E-state index contributed by atoms with van der Waals surface area (Å²) in [6.07, 6.45) is 0. The minimum atomic E-state index is -0.612. The van der Waals surface area contributed by atoms with E-state index in [0.717, 1.165) is 0 Å². The van der Waals surface area contributed by atoms with Gasteiger partial charge in [0.1, 0.15) is 5.69 Å². The Bertz CT molecular complexity index is 667. The van der Waals surface area contributed by atoms with Gasteiger partial charge in [-0.1, -0.05) is 5.16 Å². The first-order valence-corrected chi connectivity index (χ1v) is 5.58. The molecule has 1 amide bonds. The van der Waals surface area contributed by atoms with Gasteiger partial charge in [-0.15, -0.1) is 0 Å². The van der Waals surface area contributed by atoms with Crippen molar-refractivity contribution in [2.45, 2.75) is 13.5 Å². The van der Waals surface area contributed by atoms with Crippen molar-refractivity contribution in [2.75, 3.05) is 5.73 Å². The zero-order valence-electron chi connectivity index (χ0n) is 10.5. The fourth-order valence-electron chi connectivity index (χ4n) is 1.54. The highest BCUT2D eigenvalue weighted by Gasteiger charge is 2.14. The highest BCUT2D eigenvalue weighted by molar-refractivity contribution is 5.95. The summed E-state index contributed by atoms with van der Waals surface area (Å²) in [4.78, 5) is 25.8. The number of nitrogens with two attached hydrogens (primary N) is 1. The minimum absolute atomic E-state index is 0.0712. The zero-order valence-corrected chi connectivity index (χ0v) is 10.5. The number of benzene rings is 1. The molecule has 0 unspecified atom stereocenters. The van der Waals surface area contributed by atoms with Gasteiger partial charge in [0, 0.05) is 18.6 Å². The van der Waals surface area contributed by atoms with Crippen LogP contribution < -0.4 is 11.1 Å². The molecule has 1 aromatic heterocycles. The number of aromatic nitrogens is 2. The van der Waals surface area contributed by atoms with Crippen LogP contribution in [-0.2, 0) is 6.54 Å². The Kier molecular flexibility index (Phi) is 3.60. The number of nitrogens with zero attached hydrogens (tertiary/aromatic N) is 3. The highest BCUT2D eigenvalue weighted by Crippen LogP contribution is 2.21. The van der Waals surface area contributed by atoms with Crippen molar-refractivity contribution < 1.29 is 14.2 Å². The summed E-state index contributed by atoms with van der Waals surface area (Å²) in [5, 5.41) is 16.8. The Morgan fingerprint density at radius 1 is 1.55 bits per heavy atom. The van der Waals surface area contributed by atoms with E-state index < -0.39 is 10.8 Å². The number of carbonyl (C=O) groups excluding carboxylic acids is 1. The molecule has 9 nitrogen and oxygen atoms in total. The quantitative estimate of drug-likeness (QED) is 0.478. The monoisotopic (exact) mass is 277 g/mol. The van der Waals surface area contributed by atoms with E-state index in [0.29, 0.717) is 11.7 Å². The van der Waals surface area contributed by atoms with E-state index in [1.165, 1.54) is 18.2 Å². The maximum atomic E-state index is 11.8. The van der Waals surface area contributed by atoms with Crippen molar-refractivity contribution in [3.8, 4) is 0 Å². The second-order valence-corrected chi connectivity index (χ2v) is 3.94. The molecule has 0 bridgehead atoms. The van der Waals surface area contributed by atoms with Gasteiger partial charge in [-0.2, -0.15) is 4.98 Å². The predicted octanol–water partition coefficient (Wildman–Crippen LogP) is 0.798. The molecule has 0 aliphatic heterocycles. The lowest BCUT2D eigenvalue weighted by atomic mass is 10.1. The van der Waals surface area contributed by atoms with Crippen LogP contribution in [0, 0.1) is 17.0 Å². The molecule has 0 atom stereocenters. The standard InChI is InChI=1S/C11H11N5O4/c1-6-14-10(15-20-6)5-13-11(17)7-2-3-9(16(18)19)8(12)4-7/h2-4H,5,12H2,1H3,(H,13,17). The summed E-state index contributed by atoms with van der Waals surface area (Å²) in [6.45, 7) is 1.72. The van der Waals surface area contributed by atoms with Crippen molar-refractivity contribution in [3.63, 3.8) is 0 Å². The number of nitro benzene ring substituents is 1. The molecule has 0 saturated carbocycles. The maximum absolute atomic E-state index is 11.8. The molecule has 3 N–H and O–H groups in total. The fourth-order valence-corrected chi connectivity index (χ4v) is 1.54. The number of hydrogen-bond acceptors (Lipinski definition) is 7. The van der Waals surface area contributed by atoms with Gasteiger partial charge in [-0.25, -0.2) is 0 Å². The van der Waals surface area contributed by atoms with Gasteiger partial charge in [-0.05, 0) is 12.1 Å². The zero-order chi connectivity index (χ0) is 14.7. The van der Waals surface area contributed by atoms with Gasteiger partial charge in [0.05, 0.1) is 11.5 Å². The smallest absolute Gasteiger partial charge is 0.292 e. The molecule has 0 saturated heterocycles. The molecule has 2 rings (SSSR count). The lowest BCUT2D eigenvalue weighted by Crippen LogP contribution is -2.23. The third-order valence-corrected chi connectivity index (χ3v) is 2.46. The van der Waals surface area contributed by atoms with Crippen LogP contribution in [0.25, 0.3) is 0 Å². The first kappa shape index (κ1) is 13.5. The van der Waals surface area contributed by atoms with Crippen molar-refractivity contribution in [1.29, 1.82) is 0 Å². The van der Waals surface area contributed by atoms with E-state index in [1.807, 2.05) is 0 Å². The molecule has 0 aliphatic rings. The van der Waals surface area contributed by atoms with Crippen LogP contribution in [-0.4, -0.2) is 21.0 Å². The van der Waals surface area contributed by atoms with Gasteiger partial charge in [0.15, 0.2) is 5.82 Å². The van der Waals surface area contributed by atoms with Crippen molar-refractivity contribution >= 4 is 17.3 Å². The Morgan fingerprint density at radius 2 is 2.30 bits per heavy atom. The Balaban J connectivity index is 2.06. The molecule has 1 heterocycles. The van der Waals surface area contributed by atoms with Crippen LogP contribution in [0.3, 0.4) is 0 Å². The molecule has 104 valence electrons. The van der Waals surface area contributed by atoms with Gasteiger partial charge < -0.3 is 15.6 Å². The Labute approximate surface area is 112 Å². The largest absolute Gasteiger partial charge is 0.393 e. The number of nitro groups is 1. The Morgan fingerprint density at radius 3 is 2.85 bits per heavy atom. The van der Waals surface area contributed by atoms with Gasteiger partial charge in [0.25, 0.3) is 11.6 Å². The van der Waals surface area contributed by atoms with Crippen molar-refractivity contribution in [3.05, 3.63) is 45.6 Å². The lowest BCUT2D eigenvalue weighted by molar-refractivity contribution is -0.383. The predicted molar refractivity (Wildman–Crippen MR) is 67.7 cm³/mol. The van der Waals surface area contributed by atoms with E-state index in [-0.39, 0.29) is 23.5 Å². The van der Waals surface area contributed by atoms with E-state index in [2.05, 4.69) is 15.5 Å². The molecule has 0 aliphatic carbocycles. The van der Waals surface area contributed by atoms with Gasteiger partial charge in [-0.3, -0.25) is 14.9 Å². The average molecular weight is 277 g/mol. The van der Waals surface area contributed by atoms with Crippen LogP contribution >= 0.6 is 0 Å². The van der Waals surface area contributed by atoms with E-state index in [4.69, 9.17) is 10.3 Å². The summed E-state index contributed by atoms with van der Waals surface area (Å²) in [7, 11) is 0. The third kappa shape index (κ3) is 2.88. The molecule has 20 heavy (non-hydrogen) atoms. The number of aryl methyl sites for hydroxylation is 1. The number of nitrogen functional groups attached to an aromatic ring is 1. The molecule has 0 radical (unpaired) electrons. The molecule has 2 aromatic rings. The summed E-state index contributed by atoms with van der Waals surface area (Å²) in [6, 6.07) is 3.75. The SMILES string of the molecule is Cc1nc(CNC(=O)c2ccc([N+](=O)[O-])c(N)c2)no1. The number of nitrogens with one attached hydrogen (secondary N) is 1.